The molecule has 0 saturated carbocycles. The Bertz CT molecular complexity index is 1220. The first-order valence-corrected chi connectivity index (χ1v) is 14.3. The van der Waals surface area contributed by atoms with E-state index in [1.165, 1.54) is 12.0 Å². The van der Waals surface area contributed by atoms with Crippen molar-refractivity contribution in [3.8, 4) is 5.75 Å². The van der Waals surface area contributed by atoms with E-state index in [1.807, 2.05) is 31.2 Å². The number of esters is 1. The van der Waals surface area contributed by atoms with E-state index < -0.39 is 35.2 Å². The average molecular weight is 550 g/mol. The summed E-state index contributed by atoms with van der Waals surface area (Å²) in [4.78, 5) is 52.6. The lowest BCUT2D eigenvalue weighted by molar-refractivity contribution is -0.164. The fourth-order valence-corrected chi connectivity index (χ4v) is 4.94. The first-order chi connectivity index (χ1) is 19.0. The van der Waals surface area contributed by atoms with Gasteiger partial charge in [0.05, 0.1) is 12.7 Å². The Balaban J connectivity index is 1.87. The highest BCUT2D eigenvalue weighted by atomic mass is 16.5. The number of likely N-dealkylation sites (tertiary alicyclic amines) is 1. The normalized spacial score (nSPS) is 16.4. The van der Waals surface area contributed by atoms with Crippen LogP contribution >= 0.6 is 0 Å². The van der Waals surface area contributed by atoms with Crippen LogP contribution in [0.3, 0.4) is 0 Å². The van der Waals surface area contributed by atoms with E-state index in [1.54, 1.807) is 19.9 Å². The van der Waals surface area contributed by atoms with E-state index >= 15 is 0 Å². The summed E-state index contributed by atoms with van der Waals surface area (Å²) in [5, 5.41) is 0. The van der Waals surface area contributed by atoms with Crippen LogP contribution in [0, 0.1) is 5.41 Å². The van der Waals surface area contributed by atoms with Gasteiger partial charge in [-0.15, -0.1) is 0 Å². The summed E-state index contributed by atoms with van der Waals surface area (Å²) in [6.07, 6.45) is 3.81. The summed E-state index contributed by atoms with van der Waals surface area (Å²) >= 11 is 0. The van der Waals surface area contributed by atoms with Crippen molar-refractivity contribution < 1.29 is 28.7 Å². The third kappa shape index (κ3) is 7.38. The predicted octanol–water partition coefficient (Wildman–Crippen LogP) is 6.23. The number of benzene rings is 2. The number of rotatable bonds is 12. The molecule has 1 saturated heterocycles. The number of hydrogen-bond donors (Lipinski definition) is 0. The molecule has 0 spiro atoms. The van der Waals surface area contributed by atoms with Crippen LogP contribution in [0.1, 0.15) is 106 Å². The van der Waals surface area contributed by atoms with E-state index in [0.717, 1.165) is 35.8 Å². The summed E-state index contributed by atoms with van der Waals surface area (Å²) in [6.45, 7) is 9.99. The molecule has 7 nitrogen and oxygen atoms in total. The molecule has 1 aliphatic rings. The van der Waals surface area contributed by atoms with Gasteiger partial charge < -0.3 is 14.4 Å². The van der Waals surface area contributed by atoms with Crippen molar-refractivity contribution in [1.82, 2.24) is 4.90 Å². The Labute approximate surface area is 238 Å². The fourth-order valence-electron chi connectivity index (χ4n) is 4.94. The van der Waals surface area contributed by atoms with Crippen LogP contribution in [0.5, 0.6) is 5.75 Å². The van der Waals surface area contributed by atoms with Gasteiger partial charge in [0.25, 0.3) is 5.91 Å². The van der Waals surface area contributed by atoms with Crippen molar-refractivity contribution in [2.45, 2.75) is 91.2 Å². The minimum atomic E-state index is -0.791. The molecule has 1 fully saturated rings. The molecule has 2 atom stereocenters. The van der Waals surface area contributed by atoms with Crippen LogP contribution in [0.2, 0.25) is 0 Å². The second-order valence-electron chi connectivity index (χ2n) is 11.6. The number of amides is 1. The molecule has 2 aromatic rings. The standard InChI is InChI=1S/C33H43NO6/c1-7-33(4,5)30(36)31(37)34-18-9-8-13-27(34)32(38)40-28(25-12-10-11-24(20-25)22(2)3)17-15-23-14-16-26(21-35)29(19-23)39-6/h10-12,14,16,19-22,27-28H,7-9,13,15,17-18H2,1-6H3/t27-,28+/m0/s1. The molecule has 1 heterocycles. The minimum Gasteiger partial charge on any atom is -0.496 e. The SMILES string of the molecule is CCC(C)(C)C(=O)C(=O)N1CCCC[C@H]1C(=O)O[C@H](CCc1ccc(C=O)c(OC)c1)c1cccc(C(C)C)c1. The number of aryl methyl sites for hydroxylation is 1. The Morgan fingerprint density at radius 2 is 1.80 bits per heavy atom. The van der Waals surface area contributed by atoms with E-state index in [9.17, 15) is 19.2 Å². The maximum absolute atomic E-state index is 13.7. The number of hydrogen-bond acceptors (Lipinski definition) is 6. The van der Waals surface area contributed by atoms with Crippen LogP contribution in [-0.4, -0.2) is 48.5 Å². The minimum absolute atomic E-state index is 0.302. The molecule has 0 unspecified atom stereocenters. The van der Waals surface area contributed by atoms with Gasteiger partial charge >= 0.3 is 5.97 Å². The molecule has 0 bridgehead atoms. The van der Waals surface area contributed by atoms with Gasteiger partial charge in [0.1, 0.15) is 17.9 Å². The summed E-state index contributed by atoms with van der Waals surface area (Å²) in [6, 6.07) is 12.7. The first-order valence-electron chi connectivity index (χ1n) is 14.3. The molecular weight excluding hydrogens is 506 g/mol. The van der Waals surface area contributed by atoms with Crippen LogP contribution in [0.15, 0.2) is 42.5 Å². The van der Waals surface area contributed by atoms with Gasteiger partial charge in [-0.25, -0.2) is 4.79 Å². The zero-order valence-electron chi connectivity index (χ0n) is 24.7. The van der Waals surface area contributed by atoms with Crippen molar-refractivity contribution in [3.05, 3.63) is 64.7 Å². The fraction of sp³-hybridized carbons (Fsp3) is 0.515. The average Bonchev–Trinajstić information content (AvgIpc) is 2.98. The summed E-state index contributed by atoms with van der Waals surface area (Å²) in [5.41, 5.74) is 2.65. The monoisotopic (exact) mass is 549 g/mol. The Morgan fingerprint density at radius 1 is 1.07 bits per heavy atom. The second-order valence-corrected chi connectivity index (χ2v) is 11.6. The van der Waals surface area contributed by atoms with Crippen molar-refractivity contribution >= 4 is 23.9 Å². The second kappa shape index (κ2) is 13.7. The number of carbonyl (C=O) groups excluding carboxylic acids is 4. The molecule has 0 aliphatic carbocycles. The van der Waals surface area contributed by atoms with Gasteiger partial charge in [-0.05, 0) is 73.3 Å². The third-order valence-corrected chi connectivity index (χ3v) is 8.06. The van der Waals surface area contributed by atoms with Crippen LogP contribution in [0.25, 0.3) is 0 Å². The predicted molar refractivity (Wildman–Crippen MR) is 154 cm³/mol. The molecular formula is C33H43NO6. The van der Waals surface area contributed by atoms with Crippen molar-refractivity contribution in [1.29, 1.82) is 0 Å². The third-order valence-electron chi connectivity index (χ3n) is 8.06. The number of carbonyl (C=O) groups is 4. The molecule has 7 heteroatoms. The number of Topliss-reactive ketones (excluding diaryl/α,β-unsaturated/α-hetero) is 1. The van der Waals surface area contributed by atoms with Crippen LogP contribution in [-0.2, 0) is 25.5 Å². The van der Waals surface area contributed by atoms with E-state index in [-0.39, 0.29) is 0 Å². The molecule has 2 aromatic carbocycles. The molecule has 40 heavy (non-hydrogen) atoms. The zero-order valence-corrected chi connectivity index (χ0v) is 24.7. The Hall–Kier alpha value is -3.48. The Kier molecular flexibility index (Phi) is 10.7. The number of methoxy groups -OCH3 is 1. The number of aldehydes is 1. The van der Waals surface area contributed by atoms with Gasteiger partial charge in [-0.3, -0.25) is 14.4 Å². The van der Waals surface area contributed by atoms with E-state index in [2.05, 4.69) is 26.0 Å². The lowest BCUT2D eigenvalue weighted by atomic mass is 9.84. The molecule has 216 valence electrons. The number of nitrogens with zero attached hydrogens (tertiary/aromatic N) is 1. The quantitative estimate of drug-likeness (QED) is 0.177. The maximum atomic E-state index is 13.7. The first kappa shape index (κ1) is 31.1. The van der Waals surface area contributed by atoms with E-state index in [0.29, 0.717) is 49.5 Å². The Morgan fingerprint density at radius 3 is 2.45 bits per heavy atom. The van der Waals surface area contributed by atoms with Gasteiger partial charge in [0, 0.05) is 12.0 Å². The number of ketones is 1. The molecule has 0 N–H and O–H groups in total. The number of piperidine rings is 1. The van der Waals surface area contributed by atoms with E-state index in [4.69, 9.17) is 9.47 Å². The summed E-state index contributed by atoms with van der Waals surface area (Å²) in [7, 11) is 1.53. The van der Waals surface area contributed by atoms with Gasteiger partial charge in [0.2, 0.25) is 5.78 Å². The van der Waals surface area contributed by atoms with Crippen LogP contribution < -0.4 is 4.74 Å². The van der Waals surface area contributed by atoms with Gasteiger partial charge in [-0.2, -0.15) is 0 Å². The topological polar surface area (TPSA) is 90.0 Å². The molecule has 1 aliphatic heterocycles. The van der Waals surface area contributed by atoms with Crippen molar-refractivity contribution in [2.24, 2.45) is 5.41 Å². The van der Waals surface area contributed by atoms with Crippen LogP contribution in [0.4, 0.5) is 0 Å². The van der Waals surface area contributed by atoms with Gasteiger partial charge in [0.15, 0.2) is 6.29 Å². The zero-order chi connectivity index (χ0) is 29.4. The highest BCUT2D eigenvalue weighted by molar-refractivity contribution is 6.38. The van der Waals surface area contributed by atoms with Crippen molar-refractivity contribution in [2.75, 3.05) is 13.7 Å². The maximum Gasteiger partial charge on any atom is 0.329 e. The highest BCUT2D eigenvalue weighted by Gasteiger charge is 2.41. The summed E-state index contributed by atoms with van der Waals surface area (Å²) in [5.74, 6) is -0.753. The number of ether oxygens (including phenoxy) is 2. The summed E-state index contributed by atoms with van der Waals surface area (Å²) < 4.78 is 11.5. The largest absolute Gasteiger partial charge is 0.496 e. The molecule has 3 rings (SSSR count). The molecule has 1 amide bonds. The smallest absolute Gasteiger partial charge is 0.329 e. The lowest BCUT2D eigenvalue weighted by Crippen LogP contribution is -2.53. The molecule has 0 radical (unpaired) electrons. The molecule has 0 aromatic heterocycles. The lowest BCUT2D eigenvalue weighted by Gasteiger charge is -2.36. The van der Waals surface area contributed by atoms with Gasteiger partial charge in [-0.1, -0.05) is 65.0 Å². The van der Waals surface area contributed by atoms with Crippen molar-refractivity contribution in [3.63, 3.8) is 0 Å². The highest BCUT2D eigenvalue weighted by Crippen LogP contribution is 2.31.